The van der Waals surface area contributed by atoms with Gasteiger partial charge in [0.1, 0.15) is 5.69 Å². The van der Waals surface area contributed by atoms with Gasteiger partial charge in [0, 0.05) is 52.9 Å². The highest BCUT2D eigenvalue weighted by Crippen LogP contribution is 2.34. The molecular weight excluding hydrogens is 363 g/mol. The van der Waals surface area contributed by atoms with Crippen LogP contribution in [0.5, 0.6) is 17.5 Å². The third-order valence-electron chi connectivity index (χ3n) is 5.23. The molecule has 0 spiro atoms. The molecule has 3 rings (SSSR count). The van der Waals surface area contributed by atoms with Gasteiger partial charge in [0.2, 0.25) is 5.88 Å². The Morgan fingerprint density at radius 2 is 1.82 bits per heavy atom. The Bertz CT molecular complexity index is 801. The zero-order valence-corrected chi connectivity index (χ0v) is 16.7. The van der Waals surface area contributed by atoms with E-state index >= 15 is 0 Å². The van der Waals surface area contributed by atoms with Crippen molar-refractivity contribution >= 4 is 11.4 Å². The Labute approximate surface area is 165 Å². The number of hydrogen-bond acceptors (Lipinski definition) is 6. The summed E-state index contributed by atoms with van der Waals surface area (Å²) in [5.74, 6) is 0.117. The van der Waals surface area contributed by atoms with Gasteiger partial charge in [-0.3, -0.25) is 9.47 Å². The number of piperazine rings is 1. The number of aromatic hydroxyl groups is 2. The summed E-state index contributed by atoms with van der Waals surface area (Å²) in [7, 11) is 5.14. The Morgan fingerprint density at radius 1 is 1.11 bits per heavy atom. The molecule has 154 valence electrons. The maximum atomic E-state index is 13.9. The molecular formula is C20H29FN4O3. The quantitative estimate of drug-likeness (QED) is 0.754. The average molecular weight is 392 g/mol. The lowest BCUT2D eigenvalue weighted by atomic mass is 10.2. The van der Waals surface area contributed by atoms with E-state index in [1.807, 2.05) is 20.2 Å². The van der Waals surface area contributed by atoms with Gasteiger partial charge >= 0.3 is 0 Å². The molecule has 0 saturated carbocycles. The van der Waals surface area contributed by atoms with Gasteiger partial charge in [0.05, 0.1) is 12.8 Å². The summed E-state index contributed by atoms with van der Waals surface area (Å²) in [5, 5.41) is 20.3. The molecule has 2 heterocycles. The minimum Gasteiger partial charge on any atom is -0.494 e. The summed E-state index contributed by atoms with van der Waals surface area (Å²) in [6.45, 7) is 4.74. The monoisotopic (exact) mass is 392 g/mol. The van der Waals surface area contributed by atoms with Gasteiger partial charge in [-0.05, 0) is 25.1 Å². The standard InChI is InChI=1S/C20H29FN4O3/c1-22(2)17-14-18(26)25(20(17)27)9-5-8-23-10-12-24(13-11-23)16-7-4-6-15(21)19(16)28-3/h4,6-7,14,26-27H,5,8-13H2,1-3H3. The second-order valence-electron chi connectivity index (χ2n) is 7.23. The number of hydrogen-bond donors (Lipinski definition) is 2. The van der Waals surface area contributed by atoms with Crippen molar-refractivity contribution in [2.45, 2.75) is 13.0 Å². The van der Waals surface area contributed by atoms with E-state index in [0.717, 1.165) is 44.8 Å². The van der Waals surface area contributed by atoms with E-state index in [1.54, 1.807) is 17.0 Å². The van der Waals surface area contributed by atoms with Crippen molar-refractivity contribution < 1.29 is 19.3 Å². The number of methoxy groups -OCH3 is 1. The van der Waals surface area contributed by atoms with Gasteiger partial charge in [0.25, 0.3) is 0 Å². The molecule has 2 N–H and O–H groups in total. The molecule has 0 unspecified atom stereocenters. The number of rotatable bonds is 7. The number of aromatic nitrogens is 1. The summed E-state index contributed by atoms with van der Waals surface area (Å²) >= 11 is 0. The normalized spacial score (nSPS) is 15.1. The van der Waals surface area contributed by atoms with Crippen LogP contribution in [0, 0.1) is 5.82 Å². The van der Waals surface area contributed by atoms with Crippen LogP contribution in [0.3, 0.4) is 0 Å². The van der Waals surface area contributed by atoms with Crippen molar-refractivity contribution in [1.29, 1.82) is 0 Å². The number of benzene rings is 1. The first-order valence-electron chi connectivity index (χ1n) is 9.51. The van der Waals surface area contributed by atoms with Crippen LogP contribution in [-0.2, 0) is 6.54 Å². The predicted molar refractivity (Wildman–Crippen MR) is 108 cm³/mol. The van der Waals surface area contributed by atoms with Crippen molar-refractivity contribution in [3.8, 4) is 17.5 Å². The molecule has 1 aliphatic rings. The Kier molecular flexibility index (Phi) is 6.18. The number of halogens is 1. The van der Waals surface area contributed by atoms with E-state index in [4.69, 9.17) is 4.74 Å². The first kappa shape index (κ1) is 20.1. The fourth-order valence-corrected chi connectivity index (χ4v) is 3.67. The van der Waals surface area contributed by atoms with E-state index in [1.165, 1.54) is 17.7 Å². The number of para-hydroxylation sites is 1. The van der Waals surface area contributed by atoms with Crippen LogP contribution in [0.1, 0.15) is 6.42 Å². The second kappa shape index (κ2) is 8.60. The number of anilines is 2. The van der Waals surface area contributed by atoms with E-state index in [-0.39, 0.29) is 17.6 Å². The Hall–Kier alpha value is -2.61. The molecule has 0 atom stereocenters. The molecule has 1 aromatic carbocycles. The third-order valence-corrected chi connectivity index (χ3v) is 5.23. The first-order valence-corrected chi connectivity index (χ1v) is 9.51. The van der Waals surface area contributed by atoms with Crippen molar-refractivity contribution in [2.75, 3.05) is 63.7 Å². The molecule has 1 aliphatic heterocycles. The molecule has 2 aromatic rings. The lowest BCUT2D eigenvalue weighted by Gasteiger charge is -2.36. The lowest BCUT2D eigenvalue weighted by Crippen LogP contribution is -2.46. The van der Waals surface area contributed by atoms with Crippen LogP contribution in [0.2, 0.25) is 0 Å². The van der Waals surface area contributed by atoms with Gasteiger partial charge in [-0.25, -0.2) is 4.39 Å². The topological polar surface area (TPSA) is 64.3 Å². The molecule has 7 nitrogen and oxygen atoms in total. The summed E-state index contributed by atoms with van der Waals surface area (Å²) in [6, 6.07) is 6.57. The molecule has 0 aliphatic carbocycles. The van der Waals surface area contributed by atoms with E-state index in [0.29, 0.717) is 18.0 Å². The van der Waals surface area contributed by atoms with Crippen LogP contribution < -0.4 is 14.5 Å². The summed E-state index contributed by atoms with van der Waals surface area (Å²) in [5.41, 5.74) is 1.40. The third kappa shape index (κ3) is 4.11. The minimum absolute atomic E-state index is 0.0734. The van der Waals surface area contributed by atoms with E-state index in [2.05, 4.69) is 9.80 Å². The van der Waals surface area contributed by atoms with Gasteiger partial charge in [-0.2, -0.15) is 0 Å². The summed E-state index contributed by atoms with van der Waals surface area (Å²) in [4.78, 5) is 6.25. The molecule has 0 bridgehead atoms. The summed E-state index contributed by atoms with van der Waals surface area (Å²) in [6.07, 6.45) is 0.811. The van der Waals surface area contributed by atoms with Crippen LogP contribution in [0.15, 0.2) is 24.3 Å². The van der Waals surface area contributed by atoms with Crippen molar-refractivity contribution in [3.05, 3.63) is 30.1 Å². The molecule has 28 heavy (non-hydrogen) atoms. The lowest BCUT2D eigenvalue weighted by molar-refractivity contribution is 0.245. The van der Waals surface area contributed by atoms with Gasteiger partial charge < -0.3 is 24.7 Å². The van der Waals surface area contributed by atoms with Crippen LogP contribution in [-0.4, -0.2) is 73.6 Å². The van der Waals surface area contributed by atoms with Crippen molar-refractivity contribution in [2.24, 2.45) is 0 Å². The number of nitrogens with zero attached hydrogens (tertiary/aromatic N) is 4. The first-order chi connectivity index (χ1) is 13.4. The van der Waals surface area contributed by atoms with Crippen LogP contribution in [0.4, 0.5) is 15.8 Å². The molecule has 0 amide bonds. The maximum absolute atomic E-state index is 13.9. The highest BCUT2D eigenvalue weighted by molar-refractivity contribution is 5.59. The van der Waals surface area contributed by atoms with Crippen LogP contribution in [0.25, 0.3) is 0 Å². The largest absolute Gasteiger partial charge is 0.494 e. The SMILES string of the molecule is COc1c(F)cccc1N1CCN(CCCn2c(O)cc(N(C)C)c2O)CC1. The number of ether oxygens (including phenoxy) is 1. The van der Waals surface area contributed by atoms with Crippen LogP contribution >= 0.6 is 0 Å². The van der Waals surface area contributed by atoms with Crippen molar-refractivity contribution in [1.82, 2.24) is 9.47 Å². The molecule has 1 aromatic heterocycles. The fourth-order valence-electron chi connectivity index (χ4n) is 3.67. The molecule has 8 heteroatoms. The minimum atomic E-state index is -0.342. The molecule has 1 fully saturated rings. The molecule has 0 radical (unpaired) electrons. The maximum Gasteiger partial charge on any atom is 0.218 e. The molecule has 1 saturated heterocycles. The smallest absolute Gasteiger partial charge is 0.218 e. The zero-order chi connectivity index (χ0) is 20.3. The van der Waals surface area contributed by atoms with E-state index < -0.39 is 0 Å². The average Bonchev–Trinajstić information content (AvgIpc) is 2.97. The predicted octanol–water partition coefficient (Wildman–Crippen LogP) is 2.33. The second-order valence-corrected chi connectivity index (χ2v) is 7.23. The Balaban J connectivity index is 1.51. The van der Waals surface area contributed by atoms with Crippen molar-refractivity contribution in [3.63, 3.8) is 0 Å². The van der Waals surface area contributed by atoms with Gasteiger partial charge in [-0.15, -0.1) is 0 Å². The van der Waals surface area contributed by atoms with Gasteiger partial charge in [0.15, 0.2) is 17.4 Å². The highest BCUT2D eigenvalue weighted by atomic mass is 19.1. The van der Waals surface area contributed by atoms with Gasteiger partial charge in [-0.1, -0.05) is 6.07 Å². The highest BCUT2D eigenvalue weighted by Gasteiger charge is 2.21. The van der Waals surface area contributed by atoms with E-state index in [9.17, 15) is 14.6 Å². The zero-order valence-electron chi connectivity index (χ0n) is 16.7. The fraction of sp³-hybridized carbons (Fsp3) is 0.500. The Morgan fingerprint density at radius 3 is 2.43 bits per heavy atom. The summed E-state index contributed by atoms with van der Waals surface area (Å²) < 4.78 is 20.7.